The van der Waals surface area contributed by atoms with Crippen molar-refractivity contribution in [3.63, 3.8) is 0 Å². The molecule has 1 aromatic carbocycles. The van der Waals surface area contributed by atoms with Crippen LogP contribution in [-0.2, 0) is 0 Å². The molecule has 1 saturated heterocycles. The molecule has 4 aromatic rings. The van der Waals surface area contributed by atoms with Gasteiger partial charge in [-0.25, -0.2) is 9.97 Å². The first kappa shape index (κ1) is 28.3. The first-order valence-electron chi connectivity index (χ1n) is 13.8. The number of aromatic nitrogens is 4. The maximum absolute atomic E-state index is 13.0. The monoisotopic (exact) mass is 606 g/mol. The molecule has 2 aliphatic rings. The molecule has 1 amide bonds. The summed E-state index contributed by atoms with van der Waals surface area (Å²) in [5.41, 5.74) is 6.00. The van der Waals surface area contributed by atoms with E-state index in [0.717, 1.165) is 31.7 Å². The Labute approximate surface area is 251 Å². The van der Waals surface area contributed by atoms with E-state index < -0.39 is 22.9 Å². The number of benzene rings is 1. The number of pyridine rings is 1. The van der Waals surface area contributed by atoms with Crippen LogP contribution < -0.4 is 26.8 Å². The zero-order valence-electron chi connectivity index (χ0n) is 23.0. The number of piperidine rings is 1. The van der Waals surface area contributed by atoms with Crippen LogP contribution in [0.1, 0.15) is 42.5 Å². The number of hydrogen-bond donors (Lipinski definition) is 4. The molecular weight excluding hydrogens is 576 g/mol. The van der Waals surface area contributed by atoms with Gasteiger partial charge in [0.15, 0.2) is 11.4 Å². The highest BCUT2D eigenvalue weighted by Gasteiger charge is 2.44. The number of anilines is 3. The van der Waals surface area contributed by atoms with Gasteiger partial charge < -0.3 is 26.4 Å². The SMILES string of the molecule is CN[C@@H]1CCCC12CCN(c1cnc(Sc3cccc(NC(=O)c4c(O)nc5ccccn5c4=O)c3Cl)c(N)n1)CC2. The fourth-order valence-electron chi connectivity index (χ4n) is 6.23. The number of nitrogen functional groups attached to an aromatic ring is 1. The van der Waals surface area contributed by atoms with Gasteiger partial charge in [-0.05, 0) is 62.4 Å². The van der Waals surface area contributed by atoms with Crippen molar-refractivity contribution in [1.82, 2.24) is 24.7 Å². The van der Waals surface area contributed by atoms with E-state index in [4.69, 9.17) is 17.3 Å². The van der Waals surface area contributed by atoms with E-state index in [1.54, 1.807) is 42.6 Å². The Morgan fingerprint density at radius 2 is 1.98 bits per heavy atom. The highest BCUT2D eigenvalue weighted by molar-refractivity contribution is 7.99. The van der Waals surface area contributed by atoms with Gasteiger partial charge in [0.1, 0.15) is 16.5 Å². The highest BCUT2D eigenvalue weighted by Crippen LogP contribution is 2.47. The number of nitrogens with two attached hydrogens (primary N) is 1. The minimum atomic E-state index is -0.835. The number of nitrogens with zero attached hydrogens (tertiary/aromatic N) is 5. The fourth-order valence-corrected chi connectivity index (χ4v) is 7.33. The van der Waals surface area contributed by atoms with E-state index in [1.807, 2.05) is 0 Å². The molecule has 1 spiro atoms. The average Bonchev–Trinajstić information content (AvgIpc) is 3.38. The lowest BCUT2D eigenvalue weighted by Crippen LogP contribution is -2.48. The van der Waals surface area contributed by atoms with E-state index in [9.17, 15) is 14.7 Å². The number of carbonyl (C=O) groups excluding carboxylic acids is 1. The van der Waals surface area contributed by atoms with Gasteiger partial charge in [0.2, 0.25) is 5.88 Å². The average molecular weight is 607 g/mol. The summed E-state index contributed by atoms with van der Waals surface area (Å²) >= 11 is 7.88. The predicted octanol–water partition coefficient (Wildman–Crippen LogP) is 4.19. The molecule has 1 aliphatic carbocycles. The van der Waals surface area contributed by atoms with Crippen molar-refractivity contribution in [2.75, 3.05) is 36.1 Å². The summed E-state index contributed by atoms with van der Waals surface area (Å²) in [5, 5.41) is 17.2. The summed E-state index contributed by atoms with van der Waals surface area (Å²) in [6, 6.07) is 10.5. The van der Waals surface area contributed by atoms with E-state index in [1.165, 1.54) is 41.6 Å². The third-order valence-electron chi connectivity index (χ3n) is 8.45. The minimum absolute atomic E-state index is 0.221. The van der Waals surface area contributed by atoms with Crippen LogP contribution in [0.2, 0.25) is 5.02 Å². The predicted molar refractivity (Wildman–Crippen MR) is 164 cm³/mol. The molecule has 6 rings (SSSR count). The molecule has 1 saturated carbocycles. The lowest BCUT2D eigenvalue weighted by molar-refractivity contribution is 0.102. The summed E-state index contributed by atoms with van der Waals surface area (Å²) in [6.07, 6.45) is 9.23. The zero-order valence-corrected chi connectivity index (χ0v) is 24.6. The molecule has 3 aromatic heterocycles. The number of fused-ring (bicyclic) bond motifs is 1. The van der Waals surface area contributed by atoms with Crippen molar-refractivity contribution in [3.05, 3.63) is 69.7 Å². The second-order valence-electron chi connectivity index (χ2n) is 10.7. The maximum atomic E-state index is 13.0. The van der Waals surface area contributed by atoms with E-state index in [0.29, 0.717) is 21.4 Å². The molecule has 1 aliphatic heterocycles. The second-order valence-corrected chi connectivity index (χ2v) is 12.1. The Morgan fingerprint density at radius 3 is 2.74 bits per heavy atom. The molecule has 0 bridgehead atoms. The first-order chi connectivity index (χ1) is 20.3. The summed E-state index contributed by atoms with van der Waals surface area (Å²) in [5.74, 6) is -0.453. The van der Waals surface area contributed by atoms with Crippen molar-refractivity contribution >= 4 is 52.2 Å². The zero-order chi connectivity index (χ0) is 29.4. The Morgan fingerprint density at radius 1 is 1.17 bits per heavy atom. The number of hydrogen-bond acceptors (Lipinski definition) is 10. The molecule has 11 nitrogen and oxygen atoms in total. The topological polar surface area (TPSA) is 151 Å². The third kappa shape index (κ3) is 5.14. The summed E-state index contributed by atoms with van der Waals surface area (Å²) in [6.45, 7) is 1.83. The molecule has 218 valence electrons. The van der Waals surface area contributed by atoms with Crippen LogP contribution in [0, 0.1) is 5.41 Å². The van der Waals surface area contributed by atoms with Crippen LogP contribution in [0.5, 0.6) is 5.88 Å². The van der Waals surface area contributed by atoms with Crippen molar-refractivity contribution < 1.29 is 9.90 Å². The normalized spacial score (nSPS) is 18.0. The number of amides is 1. The third-order valence-corrected chi connectivity index (χ3v) is 10.0. The summed E-state index contributed by atoms with van der Waals surface area (Å²) in [4.78, 5) is 41.9. The Kier molecular flexibility index (Phi) is 7.69. The van der Waals surface area contributed by atoms with Gasteiger partial charge in [-0.2, -0.15) is 4.98 Å². The molecule has 2 fully saturated rings. The van der Waals surface area contributed by atoms with Crippen LogP contribution in [0.3, 0.4) is 0 Å². The molecule has 5 N–H and O–H groups in total. The van der Waals surface area contributed by atoms with Gasteiger partial charge in [0.25, 0.3) is 11.5 Å². The fraction of sp³-hybridized carbons (Fsp3) is 0.345. The van der Waals surface area contributed by atoms with Crippen LogP contribution in [0.25, 0.3) is 5.65 Å². The smallest absolute Gasteiger partial charge is 0.274 e. The van der Waals surface area contributed by atoms with Gasteiger partial charge in [0.05, 0.1) is 16.9 Å². The summed E-state index contributed by atoms with van der Waals surface area (Å²) in [7, 11) is 2.07. The number of nitrogens with one attached hydrogen (secondary N) is 2. The molecule has 1 atom stereocenters. The van der Waals surface area contributed by atoms with Crippen molar-refractivity contribution in [1.29, 1.82) is 0 Å². The van der Waals surface area contributed by atoms with Crippen LogP contribution in [0.4, 0.5) is 17.3 Å². The van der Waals surface area contributed by atoms with E-state index in [-0.39, 0.29) is 22.2 Å². The van der Waals surface area contributed by atoms with Gasteiger partial charge in [-0.1, -0.05) is 41.9 Å². The van der Waals surface area contributed by atoms with Crippen LogP contribution >= 0.6 is 23.4 Å². The Hall–Kier alpha value is -3.87. The number of rotatable bonds is 6. The van der Waals surface area contributed by atoms with Gasteiger partial charge in [-0.3, -0.25) is 14.0 Å². The first-order valence-corrected chi connectivity index (χ1v) is 15.0. The summed E-state index contributed by atoms with van der Waals surface area (Å²) < 4.78 is 1.18. The molecule has 0 radical (unpaired) electrons. The van der Waals surface area contributed by atoms with E-state index in [2.05, 4.69) is 37.5 Å². The maximum Gasteiger partial charge on any atom is 0.274 e. The standard InChI is InChI=1S/C29H31ClN8O3S/c1-32-19-8-5-10-29(19)11-14-37(15-12-29)21-16-33-27(24(31)35-21)42-18-7-4-6-17(23(18)30)34-25(39)22-26(40)36-20-9-2-3-13-38(20)28(22)41/h2-4,6-7,9,13,16,19,32,40H,5,8,10-12,14-15H2,1H3,(H2,31,35)(H,34,39)/t19-/m1/s1. The number of carbonyl (C=O) groups is 1. The highest BCUT2D eigenvalue weighted by atomic mass is 35.5. The molecule has 4 heterocycles. The number of halogens is 1. The van der Waals surface area contributed by atoms with Gasteiger partial charge in [-0.15, -0.1) is 0 Å². The lowest BCUT2D eigenvalue weighted by atomic mass is 9.74. The van der Waals surface area contributed by atoms with Crippen LogP contribution in [0.15, 0.2) is 63.5 Å². The van der Waals surface area contributed by atoms with Crippen molar-refractivity contribution in [2.45, 2.75) is 48.1 Å². The molecule has 0 unspecified atom stereocenters. The minimum Gasteiger partial charge on any atom is -0.493 e. The van der Waals surface area contributed by atoms with Crippen molar-refractivity contribution in [3.8, 4) is 5.88 Å². The van der Waals surface area contributed by atoms with Gasteiger partial charge >= 0.3 is 0 Å². The number of aromatic hydroxyl groups is 1. The van der Waals surface area contributed by atoms with Gasteiger partial charge in [0, 0.05) is 30.2 Å². The molecule has 13 heteroatoms. The van der Waals surface area contributed by atoms with E-state index >= 15 is 0 Å². The van der Waals surface area contributed by atoms with Crippen molar-refractivity contribution in [2.24, 2.45) is 5.41 Å². The molecule has 42 heavy (non-hydrogen) atoms. The lowest BCUT2D eigenvalue weighted by Gasteiger charge is -2.43. The quantitative estimate of drug-likeness (QED) is 0.251. The largest absolute Gasteiger partial charge is 0.493 e. The Bertz CT molecular complexity index is 1720. The van der Waals surface area contributed by atoms with Crippen LogP contribution in [-0.4, -0.2) is 56.5 Å². The molecular formula is C29H31ClN8O3S. The Balaban J connectivity index is 1.17. The second kappa shape index (κ2) is 11.4.